The largest absolute Gasteiger partial charge is 0.493 e. The van der Waals surface area contributed by atoms with Gasteiger partial charge in [-0.05, 0) is 24.6 Å². The summed E-state index contributed by atoms with van der Waals surface area (Å²) in [6.45, 7) is 1.75. The van der Waals surface area contributed by atoms with E-state index in [2.05, 4.69) is 27.3 Å². The fourth-order valence-electron chi connectivity index (χ4n) is 3.90. The Morgan fingerprint density at radius 2 is 2.38 bits per heavy atom. The van der Waals surface area contributed by atoms with Crippen LogP contribution in [0.5, 0.6) is 11.5 Å². The monoisotopic (exact) mass is 351 g/mol. The van der Waals surface area contributed by atoms with E-state index in [1.54, 1.807) is 7.11 Å². The van der Waals surface area contributed by atoms with Crippen LogP contribution in [0.4, 0.5) is 0 Å². The fraction of sp³-hybridized carbons (Fsp3) is 0.500. The molecule has 0 radical (unpaired) electrons. The average Bonchev–Trinajstić information content (AvgIpc) is 2.67. The van der Waals surface area contributed by atoms with Gasteiger partial charge in [0.25, 0.3) is 0 Å². The highest BCUT2D eigenvalue weighted by atomic mass is 79.9. The standard InChI is InChI=1S/C16H18BrNO3/c1-20-12-7-11(17)10-8-18-5-4-16-3-2-9(19)6-13(16)21-15(12)14(10)16/h2-3,7,9,13,18-19H,4-6,8H2,1H3/t9-,13?,16?/m0/s1. The van der Waals surface area contributed by atoms with Crippen LogP contribution in [0.2, 0.25) is 0 Å². The zero-order valence-corrected chi connectivity index (χ0v) is 13.4. The Balaban J connectivity index is 2.00. The second-order valence-electron chi connectivity index (χ2n) is 5.98. The molecule has 3 aliphatic rings. The molecular weight excluding hydrogens is 334 g/mol. The maximum absolute atomic E-state index is 9.96. The van der Waals surface area contributed by atoms with Gasteiger partial charge < -0.3 is 19.9 Å². The molecule has 2 N–H and O–H groups in total. The molecule has 1 spiro atoms. The Morgan fingerprint density at radius 1 is 1.52 bits per heavy atom. The number of halogens is 1. The Bertz CT molecular complexity index is 630. The number of ether oxygens (including phenoxy) is 2. The molecule has 2 aliphatic heterocycles. The van der Waals surface area contributed by atoms with E-state index in [-0.39, 0.29) is 11.5 Å². The zero-order valence-electron chi connectivity index (χ0n) is 11.9. The van der Waals surface area contributed by atoms with E-state index in [4.69, 9.17) is 9.47 Å². The van der Waals surface area contributed by atoms with Crippen molar-refractivity contribution in [2.45, 2.75) is 37.0 Å². The van der Waals surface area contributed by atoms with E-state index >= 15 is 0 Å². The van der Waals surface area contributed by atoms with Crippen LogP contribution in [0.3, 0.4) is 0 Å². The van der Waals surface area contributed by atoms with Gasteiger partial charge in [0.05, 0.1) is 18.6 Å². The third-order valence-corrected chi connectivity index (χ3v) is 5.61. The lowest BCUT2D eigenvalue weighted by atomic mass is 9.69. The molecule has 0 fully saturated rings. The fourth-order valence-corrected chi connectivity index (χ4v) is 4.44. The summed E-state index contributed by atoms with van der Waals surface area (Å²) >= 11 is 3.67. The summed E-state index contributed by atoms with van der Waals surface area (Å²) in [5.41, 5.74) is 2.32. The van der Waals surface area contributed by atoms with Crippen molar-refractivity contribution < 1.29 is 14.6 Å². The van der Waals surface area contributed by atoms with E-state index in [9.17, 15) is 5.11 Å². The summed E-state index contributed by atoms with van der Waals surface area (Å²) in [4.78, 5) is 0. The Morgan fingerprint density at radius 3 is 3.19 bits per heavy atom. The van der Waals surface area contributed by atoms with E-state index < -0.39 is 6.10 Å². The number of hydrogen-bond donors (Lipinski definition) is 2. The molecule has 2 unspecified atom stereocenters. The third-order valence-electron chi connectivity index (χ3n) is 4.91. The Hall–Kier alpha value is -1.04. The molecule has 4 rings (SSSR count). The summed E-state index contributed by atoms with van der Waals surface area (Å²) in [5.74, 6) is 1.61. The smallest absolute Gasteiger partial charge is 0.166 e. The van der Waals surface area contributed by atoms with Crippen molar-refractivity contribution in [1.29, 1.82) is 0 Å². The number of nitrogens with one attached hydrogen (secondary N) is 1. The van der Waals surface area contributed by atoms with Crippen LogP contribution in [0, 0.1) is 0 Å². The molecule has 112 valence electrons. The van der Waals surface area contributed by atoms with E-state index in [1.807, 2.05) is 12.1 Å². The summed E-state index contributed by atoms with van der Waals surface area (Å²) in [6.07, 6.45) is 5.22. The molecule has 4 nitrogen and oxygen atoms in total. The van der Waals surface area contributed by atoms with Gasteiger partial charge in [-0.15, -0.1) is 0 Å². The van der Waals surface area contributed by atoms with Gasteiger partial charge in [-0.25, -0.2) is 0 Å². The highest BCUT2D eigenvalue weighted by Crippen LogP contribution is 2.56. The van der Waals surface area contributed by atoms with Crippen LogP contribution in [-0.4, -0.2) is 31.0 Å². The van der Waals surface area contributed by atoms with Crippen molar-refractivity contribution in [2.24, 2.45) is 0 Å². The van der Waals surface area contributed by atoms with Gasteiger partial charge in [-0.3, -0.25) is 0 Å². The minimum Gasteiger partial charge on any atom is -0.493 e. The van der Waals surface area contributed by atoms with Crippen molar-refractivity contribution in [1.82, 2.24) is 5.32 Å². The SMILES string of the molecule is COc1cc(Br)c2c3c1OC1C[C@@H](O)C=CC31CCNC2. The van der Waals surface area contributed by atoms with Gasteiger partial charge in [-0.1, -0.05) is 28.1 Å². The van der Waals surface area contributed by atoms with Gasteiger partial charge >= 0.3 is 0 Å². The second-order valence-corrected chi connectivity index (χ2v) is 6.83. The van der Waals surface area contributed by atoms with Gasteiger partial charge in [0.1, 0.15) is 6.10 Å². The lowest BCUT2D eigenvalue weighted by Crippen LogP contribution is -2.42. The van der Waals surface area contributed by atoms with E-state index in [1.165, 1.54) is 11.1 Å². The molecule has 0 bridgehead atoms. The molecule has 21 heavy (non-hydrogen) atoms. The Kier molecular flexibility index (Phi) is 3.07. The van der Waals surface area contributed by atoms with Gasteiger partial charge in [0, 0.05) is 23.0 Å². The molecule has 0 saturated carbocycles. The number of aliphatic hydroxyl groups is 1. The van der Waals surface area contributed by atoms with Gasteiger partial charge in [0.15, 0.2) is 11.5 Å². The first-order valence-electron chi connectivity index (χ1n) is 7.30. The molecule has 1 aromatic rings. The average molecular weight is 352 g/mol. The molecule has 1 aliphatic carbocycles. The molecule has 2 heterocycles. The van der Waals surface area contributed by atoms with Crippen LogP contribution < -0.4 is 14.8 Å². The van der Waals surface area contributed by atoms with E-state index in [0.29, 0.717) is 6.42 Å². The summed E-state index contributed by atoms with van der Waals surface area (Å²) in [6, 6.07) is 1.98. The maximum atomic E-state index is 9.96. The number of rotatable bonds is 1. The minimum atomic E-state index is -0.427. The third kappa shape index (κ3) is 1.81. The lowest BCUT2D eigenvalue weighted by molar-refractivity contribution is 0.0851. The lowest BCUT2D eigenvalue weighted by Gasteiger charge is -2.35. The van der Waals surface area contributed by atoms with Crippen molar-refractivity contribution in [3.8, 4) is 11.5 Å². The predicted octanol–water partition coefficient (Wildman–Crippen LogP) is 2.27. The second kappa shape index (κ2) is 4.73. The van der Waals surface area contributed by atoms with Crippen LogP contribution >= 0.6 is 15.9 Å². The van der Waals surface area contributed by atoms with Crippen LogP contribution in [-0.2, 0) is 12.0 Å². The molecule has 0 aromatic heterocycles. The number of methoxy groups -OCH3 is 1. The topological polar surface area (TPSA) is 50.7 Å². The summed E-state index contributed by atoms with van der Waals surface area (Å²) in [7, 11) is 1.67. The molecule has 3 atom stereocenters. The number of hydrogen-bond acceptors (Lipinski definition) is 4. The first-order valence-corrected chi connectivity index (χ1v) is 8.09. The molecule has 0 saturated heterocycles. The van der Waals surface area contributed by atoms with Crippen LogP contribution in [0.25, 0.3) is 0 Å². The molecular formula is C16H18BrNO3. The normalized spacial score (nSPS) is 32.9. The molecule has 0 amide bonds. The van der Waals surface area contributed by atoms with Crippen molar-refractivity contribution in [3.63, 3.8) is 0 Å². The van der Waals surface area contributed by atoms with Gasteiger partial charge in [0.2, 0.25) is 0 Å². The first kappa shape index (κ1) is 13.6. The van der Waals surface area contributed by atoms with Crippen molar-refractivity contribution in [2.75, 3.05) is 13.7 Å². The highest BCUT2D eigenvalue weighted by molar-refractivity contribution is 9.10. The van der Waals surface area contributed by atoms with E-state index in [0.717, 1.165) is 35.5 Å². The zero-order chi connectivity index (χ0) is 14.6. The summed E-state index contributed by atoms with van der Waals surface area (Å²) < 4.78 is 12.8. The Labute approximate surface area is 132 Å². The quantitative estimate of drug-likeness (QED) is 0.762. The number of benzene rings is 1. The highest BCUT2D eigenvalue weighted by Gasteiger charge is 2.52. The molecule has 1 aromatic carbocycles. The number of aliphatic hydroxyl groups excluding tert-OH is 1. The summed E-state index contributed by atoms with van der Waals surface area (Å²) in [5, 5.41) is 13.5. The first-order chi connectivity index (χ1) is 10.2. The van der Waals surface area contributed by atoms with Crippen molar-refractivity contribution in [3.05, 3.63) is 33.8 Å². The van der Waals surface area contributed by atoms with Crippen LogP contribution in [0.15, 0.2) is 22.7 Å². The predicted molar refractivity (Wildman–Crippen MR) is 82.9 cm³/mol. The molecule has 5 heteroatoms. The van der Waals surface area contributed by atoms with Gasteiger partial charge in [-0.2, -0.15) is 0 Å². The minimum absolute atomic E-state index is 0.0191. The maximum Gasteiger partial charge on any atom is 0.166 e. The van der Waals surface area contributed by atoms with Crippen molar-refractivity contribution >= 4 is 15.9 Å². The van der Waals surface area contributed by atoms with Crippen LogP contribution in [0.1, 0.15) is 24.0 Å².